The van der Waals surface area contributed by atoms with E-state index >= 15 is 0 Å². The van der Waals surface area contributed by atoms with Crippen molar-refractivity contribution in [3.8, 4) is 11.5 Å². The number of aromatic hydroxyl groups is 2. The number of phenols is 2. The molecule has 42 heavy (non-hydrogen) atoms. The third-order valence-corrected chi connectivity index (χ3v) is 6.67. The van der Waals surface area contributed by atoms with E-state index in [-0.39, 0.29) is 28.9 Å². The minimum Gasteiger partial charge on any atom is -0.550 e. The summed E-state index contributed by atoms with van der Waals surface area (Å²) >= 11 is 0. The van der Waals surface area contributed by atoms with Crippen LogP contribution in [-0.2, 0) is 39.2 Å². The topological polar surface area (TPSA) is 145 Å². The molecule has 2 aromatic carbocycles. The molecule has 0 heterocycles. The summed E-state index contributed by atoms with van der Waals surface area (Å²) in [5.74, 6) is -1.53. The minimum atomic E-state index is -1.08. The Morgan fingerprint density at radius 3 is 1.43 bits per heavy atom. The number of carboxylic acids is 2. The van der Waals surface area contributed by atoms with Crippen molar-refractivity contribution in [3.05, 3.63) is 57.6 Å². The molecule has 1 fully saturated rings. The number of carbonyl (C=O) groups is 2. The Labute approximate surface area is 261 Å². The van der Waals surface area contributed by atoms with Crippen LogP contribution in [0.5, 0.6) is 11.5 Å². The van der Waals surface area contributed by atoms with Gasteiger partial charge in [-0.05, 0) is 107 Å². The fourth-order valence-corrected chi connectivity index (χ4v) is 4.64. The van der Waals surface area contributed by atoms with Crippen LogP contribution in [0.1, 0.15) is 106 Å². The molecule has 1 aliphatic carbocycles. The van der Waals surface area contributed by atoms with Crippen LogP contribution in [0.3, 0.4) is 0 Å². The van der Waals surface area contributed by atoms with E-state index in [1.165, 1.54) is 11.1 Å². The number of aliphatic imine (C=N–C) groups is 2. The summed E-state index contributed by atoms with van der Waals surface area (Å²) in [7, 11) is 0. The second-order valence-corrected chi connectivity index (χ2v) is 10.5. The smallest absolute Gasteiger partial charge is 0.550 e. The molecule has 1 saturated carbocycles. The van der Waals surface area contributed by atoms with E-state index in [0.717, 1.165) is 93.9 Å². The van der Waals surface area contributed by atoms with Gasteiger partial charge in [-0.3, -0.25) is 9.98 Å². The Morgan fingerprint density at radius 1 is 0.786 bits per heavy atom. The summed E-state index contributed by atoms with van der Waals surface area (Å²) in [5, 5.41) is 38.8. The Morgan fingerprint density at radius 2 is 1.12 bits per heavy atom. The van der Waals surface area contributed by atoms with E-state index in [1.807, 2.05) is 26.3 Å². The van der Waals surface area contributed by atoms with Crippen LogP contribution < -0.4 is 10.2 Å². The van der Waals surface area contributed by atoms with Crippen molar-refractivity contribution in [2.24, 2.45) is 9.98 Å². The molecule has 0 bridgehead atoms. The van der Waals surface area contributed by atoms with Crippen LogP contribution in [0.4, 0.5) is 0 Å². The van der Waals surface area contributed by atoms with E-state index in [9.17, 15) is 10.2 Å². The summed E-state index contributed by atoms with van der Waals surface area (Å²) in [6.45, 7) is 10.2. The summed E-state index contributed by atoms with van der Waals surface area (Å²) in [6, 6.07) is 8.50. The first-order chi connectivity index (χ1) is 19.4. The van der Waals surface area contributed by atoms with Crippen LogP contribution >= 0.6 is 0 Å². The predicted molar refractivity (Wildman–Crippen MR) is 161 cm³/mol. The number of benzene rings is 2. The number of aryl methyl sites for hydroxylation is 4. The van der Waals surface area contributed by atoms with E-state index in [4.69, 9.17) is 29.8 Å². The number of phenolic OH excluding ortho intramolecular Hbond substituents is 2. The molecule has 1 radical (unpaired) electrons. The fourth-order valence-electron chi connectivity index (χ4n) is 4.64. The van der Waals surface area contributed by atoms with Crippen LogP contribution in [0, 0.1) is 13.8 Å². The number of aliphatic carboxylic acids is 2. The van der Waals surface area contributed by atoms with Crippen molar-refractivity contribution in [1.82, 2.24) is 0 Å². The number of rotatable bonds is 10. The molecule has 8 nitrogen and oxygen atoms in total. The average molecular weight is 626 g/mol. The summed E-state index contributed by atoms with van der Waals surface area (Å²) in [6.07, 6.45) is 13.4. The van der Waals surface area contributed by atoms with Gasteiger partial charge in [-0.25, -0.2) is 0 Å². The normalized spacial score (nSPS) is 15.9. The van der Waals surface area contributed by atoms with Crippen LogP contribution in [0.25, 0.3) is 0 Å². The second kappa shape index (κ2) is 20.7. The molecule has 233 valence electrons. The van der Waals surface area contributed by atoms with E-state index in [1.54, 1.807) is 0 Å². The van der Waals surface area contributed by atoms with Gasteiger partial charge in [0.15, 0.2) is 0 Å². The quantitative estimate of drug-likeness (QED) is 0.375. The van der Waals surface area contributed by atoms with E-state index in [2.05, 4.69) is 38.1 Å². The fraction of sp³-hybridized carbons (Fsp3) is 0.515. The standard InChI is InChI=1S/C29H40N2O2.2C2H4O2.Co/c1-5-7-10-22-14-20(3)28(32)24(16-22)18-30-26-12-9-13-27(26)31-19-25-17-23(11-8-6-2)15-21(4)29(25)33;2*1-2(3)4;/h14-19,26-27,32-33H,5-13H2,1-4H3;2*1H3,(H,3,4);/q;;;+2/p-2. The van der Waals surface area contributed by atoms with Crippen molar-refractivity contribution in [1.29, 1.82) is 0 Å². The zero-order chi connectivity index (χ0) is 30.9. The molecule has 3 rings (SSSR count). The number of carbonyl (C=O) groups excluding carboxylic acids is 2. The summed E-state index contributed by atoms with van der Waals surface area (Å²) < 4.78 is 0. The Bertz CT molecular complexity index is 1100. The van der Waals surface area contributed by atoms with Gasteiger partial charge in [0.25, 0.3) is 0 Å². The molecule has 0 aromatic heterocycles. The Kier molecular flexibility index (Phi) is 19.1. The predicted octanol–water partition coefficient (Wildman–Crippen LogP) is 4.37. The molecule has 0 spiro atoms. The molecular formula is C33H46CoN2O6. The molecule has 2 aromatic rings. The second-order valence-electron chi connectivity index (χ2n) is 10.5. The molecule has 2 N–H and O–H groups in total. The molecular weight excluding hydrogens is 579 g/mol. The van der Waals surface area contributed by atoms with E-state index in [0.29, 0.717) is 11.5 Å². The first-order valence-electron chi connectivity index (χ1n) is 14.5. The number of hydrogen-bond donors (Lipinski definition) is 2. The van der Waals surface area contributed by atoms with Gasteiger partial charge in [-0.2, -0.15) is 0 Å². The van der Waals surface area contributed by atoms with Crippen molar-refractivity contribution in [2.45, 2.75) is 111 Å². The molecule has 0 saturated heterocycles. The number of nitrogens with zero attached hydrogens (tertiary/aromatic N) is 2. The molecule has 9 heteroatoms. The Balaban J connectivity index is 0.00000166. The number of hydrogen-bond acceptors (Lipinski definition) is 8. The minimum absolute atomic E-state index is 0. The molecule has 2 atom stereocenters. The van der Waals surface area contributed by atoms with Gasteiger partial charge >= 0.3 is 16.8 Å². The van der Waals surface area contributed by atoms with Crippen molar-refractivity contribution < 1.29 is 46.8 Å². The van der Waals surface area contributed by atoms with Crippen LogP contribution in [0.15, 0.2) is 34.3 Å². The monoisotopic (exact) mass is 625 g/mol. The summed E-state index contributed by atoms with van der Waals surface area (Å²) in [5.41, 5.74) is 5.91. The van der Waals surface area contributed by atoms with Crippen molar-refractivity contribution >= 4 is 24.4 Å². The van der Waals surface area contributed by atoms with Gasteiger partial charge < -0.3 is 30.0 Å². The van der Waals surface area contributed by atoms with Crippen LogP contribution in [-0.4, -0.2) is 46.7 Å². The summed E-state index contributed by atoms with van der Waals surface area (Å²) in [4.78, 5) is 27.5. The maximum absolute atomic E-state index is 10.5. The number of carboxylic acid groups (broad SMARTS) is 2. The largest absolute Gasteiger partial charge is 2.00 e. The zero-order valence-electron chi connectivity index (χ0n) is 25.7. The first kappa shape index (κ1) is 38.8. The third kappa shape index (κ3) is 14.6. The molecule has 0 amide bonds. The van der Waals surface area contributed by atoms with Crippen molar-refractivity contribution in [3.63, 3.8) is 0 Å². The van der Waals surface area contributed by atoms with E-state index < -0.39 is 11.9 Å². The third-order valence-electron chi connectivity index (χ3n) is 6.67. The van der Waals surface area contributed by atoms with Crippen LogP contribution in [0.2, 0.25) is 0 Å². The SMILES string of the molecule is CC(=O)[O-].CC(=O)[O-].CCCCc1cc(C)c(O)c(C=NC2CCCC2N=Cc2cc(CCCC)cc(C)c2O)c1.[Co+2]. The maximum atomic E-state index is 10.5. The molecule has 2 unspecified atom stereocenters. The molecule has 0 aliphatic heterocycles. The van der Waals surface area contributed by atoms with Gasteiger partial charge in [-0.15, -0.1) is 0 Å². The average Bonchev–Trinajstić information content (AvgIpc) is 3.35. The van der Waals surface area contributed by atoms with Gasteiger partial charge in [0.2, 0.25) is 0 Å². The zero-order valence-corrected chi connectivity index (χ0v) is 26.8. The van der Waals surface area contributed by atoms with Crippen molar-refractivity contribution in [2.75, 3.05) is 0 Å². The van der Waals surface area contributed by atoms with Gasteiger partial charge in [0.05, 0.1) is 12.1 Å². The van der Waals surface area contributed by atoms with Gasteiger partial charge in [-0.1, -0.05) is 38.8 Å². The van der Waals surface area contributed by atoms with Gasteiger partial charge in [0.1, 0.15) is 11.5 Å². The molecule has 1 aliphatic rings. The van der Waals surface area contributed by atoms with Gasteiger partial charge in [0, 0.05) is 35.5 Å². The first-order valence-corrected chi connectivity index (χ1v) is 14.5. The number of unbranched alkanes of at least 4 members (excludes halogenated alkanes) is 2. The Hall–Kier alpha value is -3.17. The maximum Gasteiger partial charge on any atom is 2.00 e.